The van der Waals surface area contributed by atoms with Crippen LogP contribution in [0, 0.1) is 0 Å². The maximum atomic E-state index is 12.5. The van der Waals surface area contributed by atoms with Crippen LogP contribution in [0.3, 0.4) is 0 Å². The molecule has 0 aliphatic carbocycles. The van der Waals surface area contributed by atoms with E-state index in [2.05, 4.69) is 15.2 Å². The van der Waals surface area contributed by atoms with E-state index in [0.717, 1.165) is 12.8 Å². The summed E-state index contributed by atoms with van der Waals surface area (Å²) in [6.45, 7) is 0.969. The van der Waals surface area contributed by atoms with E-state index in [1.165, 1.54) is 24.4 Å². The number of aromatic amines is 1. The highest BCUT2D eigenvalue weighted by Crippen LogP contribution is 2.19. The predicted octanol–water partition coefficient (Wildman–Crippen LogP) is -0.0526. The van der Waals surface area contributed by atoms with Crippen LogP contribution >= 0.6 is 0 Å². The van der Waals surface area contributed by atoms with Gasteiger partial charge in [-0.2, -0.15) is 5.10 Å². The summed E-state index contributed by atoms with van der Waals surface area (Å²) in [5.41, 5.74) is 5.15. The minimum absolute atomic E-state index is 0.124. The van der Waals surface area contributed by atoms with Crippen LogP contribution in [-0.4, -0.2) is 51.1 Å². The number of primary amides is 1. The molecular weight excluding hydrogens is 326 g/mol. The molecule has 1 aliphatic rings. The van der Waals surface area contributed by atoms with Gasteiger partial charge in [-0.05, 0) is 25.0 Å². The van der Waals surface area contributed by atoms with Gasteiger partial charge in [-0.3, -0.25) is 19.4 Å². The molecule has 0 saturated carbocycles. The number of likely N-dealkylation sites (tertiary alicyclic amines) is 1. The number of piperidine rings is 1. The summed E-state index contributed by atoms with van der Waals surface area (Å²) in [6, 6.07) is 5.78. The average molecular weight is 343 g/mol. The van der Waals surface area contributed by atoms with Crippen molar-refractivity contribution in [2.24, 2.45) is 5.73 Å². The number of H-pyrrole nitrogens is 1. The molecule has 2 amide bonds. The molecule has 3 rings (SSSR count). The molecule has 3 N–H and O–H groups in total. The van der Waals surface area contributed by atoms with Gasteiger partial charge in [-0.25, -0.2) is 5.10 Å². The number of hydrogen-bond acceptors (Lipinski definition) is 6. The van der Waals surface area contributed by atoms with Gasteiger partial charge in [-0.1, -0.05) is 0 Å². The molecule has 0 bridgehead atoms. The highest BCUT2D eigenvalue weighted by atomic mass is 16.5. The molecule has 1 unspecified atom stereocenters. The van der Waals surface area contributed by atoms with E-state index in [1.807, 2.05) is 0 Å². The van der Waals surface area contributed by atoms with Crippen molar-refractivity contribution in [2.45, 2.75) is 18.9 Å². The maximum absolute atomic E-state index is 12.5. The fourth-order valence-corrected chi connectivity index (χ4v) is 2.66. The van der Waals surface area contributed by atoms with Crippen molar-refractivity contribution in [3.63, 3.8) is 0 Å². The molecule has 2 aromatic rings. The van der Waals surface area contributed by atoms with Crippen LogP contribution in [0.25, 0.3) is 0 Å². The van der Waals surface area contributed by atoms with Crippen LogP contribution in [0.1, 0.15) is 33.8 Å². The highest BCUT2D eigenvalue weighted by Gasteiger charge is 2.26. The van der Waals surface area contributed by atoms with Gasteiger partial charge >= 0.3 is 0 Å². The summed E-state index contributed by atoms with van der Waals surface area (Å²) >= 11 is 0. The molecule has 9 heteroatoms. The van der Waals surface area contributed by atoms with Crippen LogP contribution in [0.4, 0.5) is 0 Å². The minimum atomic E-state index is -0.630. The monoisotopic (exact) mass is 343 g/mol. The standard InChI is InChI=1S/C16H17N5O4/c17-15(23)13-8-10(5-6-18-13)25-11-2-1-7-21(9-11)16(24)12-3-4-14(22)20-19-12/h3-6,8,11H,1-2,7,9H2,(H2,17,23)(H,20,22). The quantitative estimate of drug-likeness (QED) is 0.800. The van der Waals surface area contributed by atoms with Gasteiger partial charge in [0.2, 0.25) is 0 Å². The number of amides is 2. The second-order valence-electron chi connectivity index (χ2n) is 5.68. The Hall–Kier alpha value is -3.23. The summed E-state index contributed by atoms with van der Waals surface area (Å²) in [5, 5.41) is 6.02. The number of nitrogens with zero attached hydrogens (tertiary/aromatic N) is 3. The first-order chi connectivity index (χ1) is 12.0. The van der Waals surface area contributed by atoms with Crippen LogP contribution in [0.5, 0.6) is 5.75 Å². The zero-order chi connectivity index (χ0) is 17.8. The van der Waals surface area contributed by atoms with E-state index < -0.39 is 5.91 Å². The van der Waals surface area contributed by atoms with Crippen molar-refractivity contribution in [1.82, 2.24) is 20.1 Å². The lowest BCUT2D eigenvalue weighted by Gasteiger charge is -2.32. The first kappa shape index (κ1) is 16.6. The Kier molecular flexibility index (Phi) is 4.73. The maximum Gasteiger partial charge on any atom is 0.274 e. The number of nitrogens with one attached hydrogen (secondary N) is 1. The second-order valence-corrected chi connectivity index (χ2v) is 5.68. The van der Waals surface area contributed by atoms with Crippen molar-refractivity contribution >= 4 is 11.8 Å². The first-order valence-electron chi connectivity index (χ1n) is 7.80. The molecule has 9 nitrogen and oxygen atoms in total. The fourth-order valence-electron chi connectivity index (χ4n) is 2.66. The van der Waals surface area contributed by atoms with Crippen LogP contribution in [0.15, 0.2) is 35.3 Å². The van der Waals surface area contributed by atoms with E-state index >= 15 is 0 Å². The summed E-state index contributed by atoms with van der Waals surface area (Å²) in [7, 11) is 0. The second kappa shape index (κ2) is 7.12. The van der Waals surface area contributed by atoms with Gasteiger partial charge in [0.25, 0.3) is 17.4 Å². The summed E-state index contributed by atoms with van der Waals surface area (Å²) in [5.74, 6) is -0.419. The number of aromatic nitrogens is 3. The Morgan fingerprint density at radius 3 is 2.84 bits per heavy atom. The Balaban J connectivity index is 1.67. The number of nitrogens with two attached hydrogens (primary N) is 1. The topological polar surface area (TPSA) is 131 Å². The van der Waals surface area contributed by atoms with E-state index in [0.29, 0.717) is 18.8 Å². The van der Waals surface area contributed by atoms with Gasteiger partial charge < -0.3 is 15.4 Å². The van der Waals surface area contributed by atoms with Crippen molar-refractivity contribution in [3.8, 4) is 5.75 Å². The van der Waals surface area contributed by atoms with Crippen LogP contribution in [0.2, 0.25) is 0 Å². The Labute approximate surface area is 142 Å². The molecule has 1 saturated heterocycles. The van der Waals surface area contributed by atoms with Crippen LogP contribution < -0.4 is 16.0 Å². The first-order valence-corrected chi connectivity index (χ1v) is 7.80. The zero-order valence-electron chi connectivity index (χ0n) is 13.3. The molecule has 1 aliphatic heterocycles. The lowest BCUT2D eigenvalue weighted by molar-refractivity contribution is 0.0531. The zero-order valence-corrected chi connectivity index (χ0v) is 13.3. The molecule has 1 atom stereocenters. The number of carbonyl (C=O) groups excluding carboxylic acids is 2. The molecular formula is C16H17N5O4. The van der Waals surface area contributed by atoms with Crippen molar-refractivity contribution in [2.75, 3.05) is 13.1 Å². The highest BCUT2D eigenvalue weighted by molar-refractivity contribution is 5.92. The largest absolute Gasteiger partial charge is 0.488 e. The molecule has 0 radical (unpaired) electrons. The normalized spacial score (nSPS) is 17.1. The summed E-state index contributed by atoms with van der Waals surface area (Å²) in [4.78, 5) is 40.2. The van der Waals surface area contributed by atoms with E-state index in [-0.39, 0.29) is 29.0 Å². The lowest BCUT2D eigenvalue weighted by Crippen LogP contribution is -2.44. The number of pyridine rings is 1. The van der Waals surface area contributed by atoms with E-state index in [4.69, 9.17) is 10.5 Å². The van der Waals surface area contributed by atoms with Gasteiger partial charge in [0.05, 0.1) is 6.54 Å². The molecule has 3 heterocycles. The molecule has 1 fully saturated rings. The smallest absolute Gasteiger partial charge is 0.274 e. The number of hydrogen-bond donors (Lipinski definition) is 2. The van der Waals surface area contributed by atoms with Crippen molar-refractivity contribution in [1.29, 1.82) is 0 Å². The van der Waals surface area contributed by atoms with E-state index in [9.17, 15) is 14.4 Å². The molecule has 25 heavy (non-hydrogen) atoms. The van der Waals surface area contributed by atoms with E-state index in [1.54, 1.807) is 11.0 Å². The number of ether oxygens (including phenoxy) is 1. The third kappa shape index (κ3) is 4.00. The minimum Gasteiger partial charge on any atom is -0.488 e. The van der Waals surface area contributed by atoms with Crippen LogP contribution in [-0.2, 0) is 0 Å². The molecule has 0 spiro atoms. The fraction of sp³-hybridized carbons (Fsp3) is 0.312. The number of carbonyl (C=O) groups is 2. The average Bonchev–Trinajstić information content (AvgIpc) is 2.62. The predicted molar refractivity (Wildman–Crippen MR) is 87.2 cm³/mol. The summed E-state index contributed by atoms with van der Waals surface area (Å²) < 4.78 is 5.86. The summed E-state index contributed by atoms with van der Waals surface area (Å²) in [6.07, 6.45) is 2.78. The molecule has 2 aromatic heterocycles. The van der Waals surface area contributed by atoms with Crippen molar-refractivity contribution < 1.29 is 14.3 Å². The Bertz CT molecular complexity index is 830. The molecule has 130 valence electrons. The molecule has 0 aromatic carbocycles. The van der Waals surface area contributed by atoms with Gasteiger partial charge in [0, 0.05) is 24.9 Å². The van der Waals surface area contributed by atoms with Gasteiger partial charge in [0.15, 0.2) is 0 Å². The van der Waals surface area contributed by atoms with Gasteiger partial charge in [0.1, 0.15) is 23.2 Å². The lowest BCUT2D eigenvalue weighted by atomic mass is 10.1. The third-order valence-corrected chi connectivity index (χ3v) is 3.85. The van der Waals surface area contributed by atoms with Gasteiger partial charge in [-0.15, -0.1) is 0 Å². The Morgan fingerprint density at radius 2 is 2.12 bits per heavy atom. The van der Waals surface area contributed by atoms with Crippen molar-refractivity contribution in [3.05, 3.63) is 52.2 Å². The number of rotatable bonds is 4. The Morgan fingerprint density at radius 1 is 1.28 bits per heavy atom. The SMILES string of the molecule is NC(=O)c1cc(OC2CCCN(C(=O)c3ccc(=O)[nH]n3)C2)ccn1. The third-order valence-electron chi connectivity index (χ3n) is 3.85.